The van der Waals surface area contributed by atoms with Gasteiger partial charge in [-0.15, -0.1) is 6.58 Å². The molecule has 0 aromatic heterocycles. The predicted molar refractivity (Wildman–Crippen MR) is 94.7 cm³/mol. The highest BCUT2D eigenvalue weighted by Gasteiger charge is 2.38. The number of benzene rings is 1. The number of ether oxygens (including phenoxy) is 1. The lowest BCUT2D eigenvalue weighted by molar-refractivity contribution is -0.140. The van der Waals surface area contributed by atoms with Crippen LogP contribution in [0.5, 0.6) is 0 Å². The molecule has 0 bridgehead atoms. The van der Waals surface area contributed by atoms with Gasteiger partial charge in [0.15, 0.2) is 0 Å². The van der Waals surface area contributed by atoms with Gasteiger partial charge in [0.2, 0.25) is 5.91 Å². The van der Waals surface area contributed by atoms with Gasteiger partial charge in [-0.1, -0.05) is 42.8 Å². The third-order valence-electron chi connectivity index (χ3n) is 4.09. The smallest absolute Gasteiger partial charge is 0.336 e. The van der Waals surface area contributed by atoms with E-state index in [1.54, 1.807) is 24.0 Å². The quantitative estimate of drug-likeness (QED) is 0.575. The van der Waals surface area contributed by atoms with Gasteiger partial charge in [-0.05, 0) is 25.0 Å². The minimum atomic E-state index is -0.388. The van der Waals surface area contributed by atoms with Crippen LogP contribution in [-0.2, 0) is 14.3 Å². The van der Waals surface area contributed by atoms with Gasteiger partial charge >= 0.3 is 5.97 Å². The minimum absolute atomic E-state index is 0.0373. The molecule has 1 aliphatic heterocycles. The number of rotatable bonds is 6. The van der Waals surface area contributed by atoms with Crippen LogP contribution in [0.25, 0.3) is 0 Å². The Bertz CT molecular complexity index is 681. The van der Waals surface area contributed by atoms with Crippen LogP contribution in [-0.4, -0.2) is 29.9 Å². The van der Waals surface area contributed by atoms with E-state index in [4.69, 9.17) is 16.3 Å². The highest BCUT2D eigenvalue weighted by atomic mass is 35.5. The molecule has 1 atom stereocenters. The van der Waals surface area contributed by atoms with Crippen molar-refractivity contribution in [2.75, 3.05) is 13.2 Å². The van der Waals surface area contributed by atoms with Gasteiger partial charge in [0.05, 0.1) is 12.2 Å². The zero-order chi connectivity index (χ0) is 17.7. The van der Waals surface area contributed by atoms with Crippen molar-refractivity contribution in [2.24, 2.45) is 0 Å². The van der Waals surface area contributed by atoms with E-state index in [1.807, 2.05) is 25.1 Å². The van der Waals surface area contributed by atoms with Crippen molar-refractivity contribution >= 4 is 23.5 Å². The molecular weight excluding hydrogens is 326 g/mol. The molecule has 4 nitrogen and oxygen atoms in total. The zero-order valence-corrected chi connectivity index (χ0v) is 14.8. The van der Waals surface area contributed by atoms with Crippen molar-refractivity contribution in [3.05, 3.63) is 58.8 Å². The summed E-state index contributed by atoms with van der Waals surface area (Å²) in [6.07, 6.45) is 2.40. The molecule has 1 heterocycles. The Morgan fingerprint density at radius 3 is 2.71 bits per heavy atom. The Balaban J connectivity index is 2.62. The van der Waals surface area contributed by atoms with Crippen LogP contribution in [0.4, 0.5) is 0 Å². The van der Waals surface area contributed by atoms with Gasteiger partial charge in [-0.3, -0.25) is 4.79 Å². The average molecular weight is 348 g/mol. The van der Waals surface area contributed by atoms with Crippen LogP contribution < -0.4 is 0 Å². The number of nitrogens with zero attached hydrogens (tertiary/aromatic N) is 1. The molecule has 0 saturated carbocycles. The number of hydrogen-bond acceptors (Lipinski definition) is 3. The summed E-state index contributed by atoms with van der Waals surface area (Å²) in [7, 11) is 0. The molecule has 1 aliphatic rings. The first-order valence-corrected chi connectivity index (χ1v) is 8.48. The molecule has 0 saturated heterocycles. The molecule has 1 amide bonds. The van der Waals surface area contributed by atoms with Gasteiger partial charge in [-0.25, -0.2) is 4.79 Å². The van der Waals surface area contributed by atoms with Crippen molar-refractivity contribution < 1.29 is 14.3 Å². The maximum absolute atomic E-state index is 12.6. The van der Waals surface area contributed by atoms with E-state index < -0.39 is 0 Å². The molecule has 0 spiro atoms. The monoisotopic (exact) mass is 347 g/mol. The number of hydrogen-bond donors (Lipinski definition) is 0. The molecule has 0 N–H and O–H groups in total. The second-order valence-electron chi connectivity index (χ2n) is 5.51. The molecule has 1 aromatic carbocycles. The van der Waals surface area contributed by atoms with Crippen LogP contribution >= 0.6 is 11.6 Å². The highest BCUT2D eigenvalue weighted by molar-refractivity contribution is 6.31. The van der Waals surface area contributed by atoms with E-state index >= 15 is 0 Å². The fourth-order valence-electron chi connectivity index (χ4n) is 3.10. The Morgan fingerprint density at radius 1 is 1.42 bits per heavy atom. The van der Waals surface area contributed by atoms with Crippen LogP contribution in [0.15, 0.2) is 48.2 Å². The summed E-state index contributed by atoms with van der Waals surface area (Å²) in [5.74, 6) is -0.813. The molecule has 5 heteroatoms. The van der Waals surface area contributed by atoms with Crippen molar-refractivity contribution in [1.82, 2.24) is 4.90 Å². The molecule has 1 aromatic rings. The second-order valence-corrected chi connectivity index (χ2v) is 5.91. The Hall–Kier alpha value is -2.07. The summed E-state index contributed by atoms with van der Waals surface area (Å²) in [6.45, 7) is 8.05. The molecule has 1 unspecified atom stereocenters. The lowest BCUT2D eigenvalue weighted by Crippen LogP contribution is -2.39. The fraction of sp³-hybridized carbons (Fsp3) is 0.368. The van der Waals surface area contributed by atoms with Crippen molar-refractivity contribution in [3.63, 3.8) is 0 Å². The molecule has 128 valence electrons. The number of halogens is 1. The summed E-state index contributed by atoms with van der Waals surface area (Å²) >= 11 is 6.33. The number of carbonyl (C=O) groups excluding carboxylic acids is 2. The molecule has 24 heavy (non-hydrogen) atoms. The van der Waals surface area contributed by atoms with Gasteiger partial charge in [-0.2, -0.15) is 0 Å². The van der Waals surface area contributed by atoms with Crippen molar-refractivity contribution in [2.45, 2.75) is 32.6 Å². The fourth-order valence-corrected chi connectivity index (χ4v) is 3.37. The first-order valence-electron chi connectivity index (χ1n) is 8.10. The van der Waals surface area contributed by atoms with E-state index in [-0.39, 0.29) is 30.8 Å². The zero-order valence-electron chi connectivity index (χ0n) is 14.0. The summed E-state index contributed by atoms with van der Waals surface area (Å²) < 4.78 is 5.26. The van der Waals surface area contributed by atoms with E-state index in [0.717, 1.165) is 5.56 Å². The third-order valence-corrected chi connectivity index (χ3v) is 4.43. The summed E-state index contributed by atoms with van der Waals surface area (Å²) in [5, 5.41) is 0.546. The maximum Gasteiger partial charge on any atom is 0.336 e. The minimum Gasteiger partial charge on any atom is -0.463 e. The van der Waals surface area contributed by atoms with Crippen molar-refractivity contribution in [1.29, 1.82) is 0 Å². The molecule has 0 radical (unpaired) electrons. The van der Waals surface area contributed by atoms with Gasteiger partial charge in [0.1, 0.15) is 0 Å². The largest absolute Gasteiger partial charge is 0.463 e. The average Bonchev–Trinajstić information content (AvgIpc) is 2.56. The molecule has 0 aliphatic carbocycles. The van der Waals surface area contributed by atoms with Gasteiger partial charge < -0.3 is 9.64 Å². The summed E-state index contributed by atoms with van der Waals surface area (Å²) in [6, 6.07) is 7.31. The standard InChI is InChI=1S/C19H22ClNO3/c1-4-11-21-16(5-2)18(19(23)24-6-3)14(12-17(21)22)13-9-7-8-10-15(13)20/h4,7-10,14H,1,5-6,11-12H2,2-3H3. The van der Waals surface area contributed by atoms with Crippen LogP contribution in [0.1, 0.15) is 38.2 Å². The number of amides is 1. The van der Waals surface area contributed by atoms with E-state index in [0.29, 0.717) is 29.3 Å². The normalized spacial score (nSPS) is 17.9. The van der Waals surface area contributed by atoms with Crippen molar-refractivity contribution in [3.8, 4) is 0 Å². The lowest BCUT2D eigenvalue weighted by atomic mass is 9.83. The Labute approximate surface area is 147 Å². The SMILES string of the molecule is C=CCN1C(=O)CC(c2ccccc2Cl)C(C(=O)OCC)=C1CC. The predicted octanol–water partition coefficient (Wildman–Crippen LogP) is 4.07. The van der Waals surface area contributed by atoms with Crippen LogP contribution in [0, 0.1) is 0 Å². The first-order chi connectivity index (χ1) is 11.5. The third kappa shape index (κ3) is 3.54. The Kier molecular flexibility index (Phi) is 6.21. The van der Waals surface area contributed by atoms with E-state index in [9.17, 15) is 9.59 Å². The van der Waals surface area contributed by atoms with Crippen LogP contribution in [0.3, 0.4) is 0 Å². The topological polar surface area (TPSA) is 46.6 Å². The summed E-state index contributed by atoms with van der Waals surface area (Å²) in [5.41, 5.74) is 1.99. The maximum atomic E-state index is 12.6. The highest BCUT2D eigenvalue weighted by Crippen LogP contribution is 2.40. The lowest BCUT2D eigenvalue weighted by Gasteiger charge is -2.35. The number of carbonyl (C=O) groups is 2. The van der Waals surface area contributed by atoms with Gasteiger partial charge in [0, 0.05) is 29.6 Å². The molecular formula is C19H22ClNO3. The van der Waals surface area contributed by atoms with Crippen LogP contribution in [0.2, 0.25) is 5.02 Å². The molecule has 0 fully saturated rings. The van der Waals surface area contributed by atoms with Gasteiger partial charge in [0.25, 0.3) is 0 Å². The summed E-state index contributed by atoms with van der Waals surface area (Å²) in [4.78, 5) is 26.9. The molecule has 2 rings (SSSR count). The van der Waals surface area contributed by atoms with E-state index in [2.05, 4.69) is 6.58 Å². The second kappa shape index (κ2) is 8.15. The van der Waals surface area contributed by atoms with E-state index in [1.165, 1.54) is 0 Å². The number of esters is 1. The number of allylic oxidation sites excluding steroid dienone is 1. The first kappa shape index (κ1) is 18.3. The Morgan fingerprint density at radius 2 is 2.12 bits per heavy atom.